The maximum absolute atomic E-state index is 12.5. The van der Waals surface area contributed by atoms with E-state index in [4.69, 9.17) is 0 Å². The molecule has 1 N–H and O–H groups in total. The summed E-state index contributed by atoms with van der Waals surface area (Å²) in [6.07, 6.45) is 6.32. The topological polar surface area (TPSA) is 116 Å². The summed E-state index contributed by atoms with van der Waals surface area (Å²) in [5.41, 5.74) is 0.253. The lowest BCUT2D eigenvalue weighted by molar-refractivity contribution is -0.428. The maximum atomic E-state index is 12.5. The Morgan fingerprint density at radius 3 is 2.66 bits per heavy atom. The van der Waals surface area contributed by atoms with Gasteiger partial charge in [0.15, 0.2) is 5.78 Å². The first-order valence-electron chi connectivity index (χ1n) is 9.12. The van der Waals surface area contributed by atoms with Crippen LogP contribution in [0.25, 0.3) is 0 Å². The highest BCUT2D eigenvalue weighted by Gasteiger charge is 2.20. The van der Waals surface area contributed by atoms with E-state index in [1.165, 1.54) is 29.5 Å². The molecule has 0 fully saturated rings. The van der Waals surface area contributed by atoms with E-state index in [2.05, 4.69) is 5.32 Å². The number of aromatic nitrogens is 2. The number of nitrogens with zero attached hydrogens (tertiary/aromatic N) is 3. The SMILES string of the molecule is CC/C=C(/Nc1c(C)n(C)c(=O)n(C)c1=O)SCC(=O)C1=CCCC([N+](=O)[O-])=C1. The normalized spacial score (nSPS) is 14.3. The van der Waals surface area contributed by atoms with E-state index in [9.17, 15) is 24.5 Å². The standard InChI is InChI=1S/C19H24N4O5S/c1-5-7-16(20-17-12(2)21(3)19(26)22(4)18(17)25)29-11-15(24)13-8-6-9-14(10-13)23(27)28/h7-8,10,20H,5-6,9,11H2,1-4H3/b16-7-. The van der Waals surface area contributed by atoms with Crippen molar-refractivity contribution in [2.45, 2.75) is 33.1 Å². The number of rotatable bonds is 8. The molecule has 1 aliphatic rings. The van der Waals surface area contributed by atoms with Crippen molar-refractivity contribution < 1.29 is 9.72 Å². The lowest BCUT2D eigenvalue weighted by Crippen LogP contribution is -2.39. The third-order valence-corrected chi connectivity index (χ3v) is 5.58. The number of allylic oxidation sites excluding steroid dienone is 5. The second kappa shape index (κ2) is 9.55. The minimum Gasteiger partial charge on any atom is -0.345 e. The van der Waals surface area contributed by atoms with Gasteiger partial charge in [-0.3, -0.25) is 28.8 Å². The van der Waals surface area contributed by atoms with Crippen LogP contribution in [0.1, 0.15) is 31.9 Å². The van der Waals surface area contributed by atoms with Gasteiger partial charge in [0, 0.05) is 37.9 Å². The zero-order chi connectivity index (χ0) is 21.7. The van der Waals surface area contributed by atoms with Gasteiger partial charge in [-0.1, -0.05) is 19.1 Å². The Balaban J connectivity index is 2.19. The summed E-state index contributed by atoms with van der Waals surface area (Å²) in [6.45, 7) is 3.59. The van der Waals surface area contributed by atoms with Crippen molar-refractivity contribution >= 4 is 23.2 Å². The average molecular weight is 420 g/mol. The molecule has 1 aromatic heterocycles. The van der Waals surface area contributed by atoms with Gasteiger partial charge in [-0.15, -0.1) is 11.8 Å². The van der Waals surface area contributed by atoms with Crippen LogP contribution in [0.3, 0.4) is 0 Å². The van der Waals surface area contributed by atoms with Crippen molar-refractivity contribution in [3.63, 3.8) is 0 Å². The first-order valence-corrected chi connectivity index (χ1v) is 10.1. The summed E-state index contributed by atoms with van der Waals surface area (Å²) in [5, 5.41) is 14.6. The molecular weight excluding hydrogens is 396 g/mol. The molecule has 0 bridgehead atoms. The van der Waals surface area contributed by atoms with Crippen LogP contribution in [0.15, 0.2) is 44.1 Å². The summed E-state index contributed by atoms with van der Waals surface area (Å²) in [7, 11) is 2.99. The van der Waals surface area contributed by atoms with Crippen LogP contribution in [0.4, 0.5) is 5.69 Å². The van der Waals surface area contributed by atoms with Crippen LogP contribution >= 0.6 is 11.8 Å². The lowest BCUT2D eigenvalue weighted by atomic mass is 10.0. The number of carbonyl (C=O) groups is 1. The fourth-order valence-corrected chi connectivity index (χ4v) is 3.71. The molecule has 0 saturated heterocycles. The van der Waals surface area contributed by atoms with Crippen molar-refractivity contribution in [3.8, 4) is 0 Å². The monoisotopic (exact) mass is 420 g/mol. The van der Waals surface area contributed by atoms with Crippen molar-refractivity contribution in [3.05, 3.63) is 71.2 Å². The van der Waals surface area contributed by atoms with Gasteiger partial charge >= 0.3 is 5.69 Å². The third kappa shape index (κ3) is 5.14. The van der Waals surface area contributed by atoms with Crippen LogP contribution in [-0.4, -0.2) is 25.6 Å². The number of anilines is 1. The molecule has 1 aromatic rings. The Morgan fingerprint density at radius 2 is 2.03 bits per heavy atom. The van der Waals surface area contributed by atoms with Crippen molar-refractivity contribution in [1.82, 2.24) is 9.13 Å². The number of ketones is 1. The summed E-state index contributed by atoms with van der Waals surface area (Å²) < 4.78 is 2.39. The van der Waals surface area contributed by atoms with Gasteiger partial charge in [-0.05, 0) is 19.8 Å². The highest BCUT2D eigenvalue weighted by molar-refractivity contribution is 8.03. The van der Waals surface area contributed by atoms with Crippen molar-refractivity contribution in [1.29, 1.82) is 0 Å². The first kappa shape index (κ1) is 22.4. The number of nitrogens with one attached hydrogen (secondary N) is 1. The molecule has 29 heavy (non-hydrogen) atoms. The minimum atomic E-state index is -0.463. The Labute approximate surface area is 172 Å². The van der Waals surface area contributed by atoms with Gasteiger partial charge in [0.2, 0.25) is 5.70 Å². The Morgan fingerprint density at radius 1 is 1.34 bits per heavy atom. The molecular formula is C19H24N4O5S. The van der Waals surface area contributed by atoms with Gasteiger partial charge in [0.1, 0.15) is 5.69 Å². The molecule has 1 aliphatic carbocycles. The van der Waals surface area contributed by atoms with Gasteiger partial charge in [0.25, 0.3) is 5.56 Å². The first-order chi connectivity index (χ1) is 13.7. The number of hydrogen-bond acceptors (Lipinski definition) is 7. The number of thioether (sulfide) groups is 1. The van der Waals surface area contributed by atoms with Crippen LogP contribution in [0.2, 0.25) is 0 Å². The number of nitro groups is 1. The Kier molecular flexibility index (Phi) is 7.38. The van der Waals surface area contributed by atoms with E-state index in [1.807, 2.05) is 13.0 Å². The van der Waals surface area contributed by atoms with Crippen LogP contribution in [0, 0.1) is 17.0 Å². The number of hydrogen-bond donors (Lipinski definition) is 1. The van der Waals surface area contributed by atoms with Crippen LogP contribution < -0.4 is 16.6 Å². The van der Waals surface area contributed by atoms with Gasteiger partial charge in [-0.2, -0.15) is 0 Å². The zero-order valence-electron chi connectivity index (χ0n) is 16.9. The number of carbonyl (C=O) groups excluding carboxylic acids is 1. The quantitative estimate of drug-likeness (QED) is 0.506. The molecule has 1 heterocycles. The van der Waals surface area contributed by atoms with E-state index >= 15 is 0 Å². The lowest BCUT2D eigenvalue weighted by Gasteiger charge is -2.16. The summed E-state index contributed by atoms with van der Waals surface area (Å²) >= 11 is 1.21. The Bertz CT molecular complexity index is 1050. The maximum Gasteiger partial charge on any atom is 0.330 e. The van der Waals surface area contributed by atoms with E-state index in [1.54, 1.807) is 20.0 Å². The molecule has 2 rings (SSSR count). The smallest absolute Gasteiger partial charge is 0.330 e. The molecule has 0 amide bonds. The van der Waals surface area contributed by atoms with Gasteiger partial charge < -0.3 is 5.32 Å². The molecule has 0 aromatic carbocycles. The van der Waals surface area contributed by atoms with Crippen molar-refractivity contribution in [2.24, 2.45) is 14.1 Å². The number of Topliss-reactive ketones (excluding diaryl/α,β-unsaturated/α-hetero) is 1. The predicted molar refractivity (Wildman–Crippen MR) is 114 cm³/mol. The molecule has 0 spiro atoms. The molecule has 0 saturated carbocycles. The second-order valence-electron chi connectivity index (χ2n) is 6.57. The van der Waals surface area contributed by atoms with Crippen molar-refractivity contribution in [2.75, 3.05) is 11.1 Å². The predicted octanol–water partition coefficient (Wildman–Crippen LogP) is 2.24. The van der Waals surface area contributed by atoms with E-state index in [-0.39, 0.29) is 22.9 Å². The highest BCUT2D eigenvalue weighted by Crippen LogP contribution is 2.23. The van der Waals surface area contributed by atoms with E-state index < -0.39 is 16.2 Å². The Hall–Kier alpha value is -2.88. The summed E-state index contributed by atoms with van der Waals surface area (Å²) in [4.78, 5) is 47.5. The van der Waals surface area contributed by atoms with E-state index in [0.29, 0.717) is 35.6 Å². The molecule has 0 unspecified atom stereocenters. The molecule has 0 atom stereocenters. The van der Waals surface area contributed by atoms with Gasteiger partial charge in [0.05, 0.1) is 15.7 Å². The highest BCUT2D eigenvalue weighted by atomic mass is 32.2. The molecule has 0 aliphatic heterocycles. The second-order valence-corrected chi connectivity index (χ2v) is 7.59. The largest absolute Gasteiger partial charge is 0.345 e. The minimum absolute atomic E-state index is 0.0348. The molecule has 10 heteroatoms. The fraction of sp³-hybridized carbons (Fsp3) is 0.421. The summed E-state index contributed by atoms with van der Waals surface area (Å²) in [5.74, 6) is -0.153. The van der Waals surface area contributed by atoms with Crippen LogP contribution in [-0.2, 0) is 18.9 Å². The average Bonchev–Trinajstić information content (AvgIpc) is 2.71. The van der Waals surface area contributed by atoms with Gasteiger partial charge in [-0.25, -0.2) is 4.79 Å². The van der Waals surface area contributed by atoms with E-state index in [0.717, 1.165) is 4.57 Å². The zero-order valence-corrected chi connectivity index (χ0v) is 17.7. The fourth-order valence-electron chi connectivity index (χ4n) is 2.80. The van der Waals surface area contributed by atoms with Crippen LogP contribution in [0.5, 0.6) is 0 Å². The molecule has 156 valence electrons. The summed E-state index contributed by atoms with van der Waals surface area (Å²) in [6, 6.07) is 0. The third-order valence-electron chi connectivity index (χ3n) is 4.60. The molecule has 0 radical (unpaired) electrons. The molecule has 9 nitrogen and oxygen atoms in total.